The van der Waals surface area contributed by atoms with Crippen LogP contribution in [-0.4, -0.2) is 22.0 Å². The quantitative estimate of drug-likeness (QED) is 0.683. The highest BCUT2D eigenvalue weighted by molar-refractivity contribution is 5.94. The van der Waals surface area contributed by atoms with Gasteiger partial charge in [-0.15, -0.1) is 0 Å². The summed E-state index contributed by atoms with van der Waals surface area (Å²) in [6, 6.07) is 9.93. The fourth-order valence-corrected chi connectivity index (χ4v) is 2.19. The summed E-state index contributed by atoms with van der Waals surface area (Å²) in [5.41, 5.74) is 9.35. The van der Waals surface area contributed by atoms with Crippen LogP contribution in [0.5, 0.6) is 0 Å². The first-order valence-electron chi connectivity index (χ1n) is 6.60. The molecule has 6 nitrogen and oxygen atoms in total. The largest absolute Gasteiger partial charge is 0.393 e. The lowest BCUT2D eigenvalue weighted by Gasteiger charge is -2.12. The number of benzene rings is 1. The Labute approximate surface area is 122 Å². The predicted molar refractivity (Wildman–Crippen MR) is 85.8 cm³/mol. The summed E-state index contributed by atoms with van der Waals surface area (Å²) in [6.45, 7) is 1.97. The molecule has 0 fully saturated rings. The molecule has 0 aliphatic heterocycles. The van der Waals surface area contributed by atoms with E-state index in [9.17, 15) is 0 Å². The van der Waals surface area contributed by atoms with Crippen molar-refractivity contribution in [2.45, 2.75) is 6.92 Å². The van der Waals surface area contributed by atoms with E-state index in [4.69, 9.17) is 5.73 Å². The normalized spacial score (nSPS) is 10.6. The Morgan fingerprint density at radius 1 is 1.05 bits per heavy atom. The van der Waals surface area contributed by atoms with Crippen LogP contribution in [0.4, 0.5) is 23.0 Å². The third kappa shape index (κ3) is 2.43. The zero-order valence-electron chi connectivity index (χ0n) is 11.9. The smallest absolute Gasteiger partial charge is 0.159 e. The van der Waals surface area contributed by atoms with Crippen molar-refractivity contribution >= 4 is 33.9 Å². The Bertz CT molecular complexity index is 799. The Balaban J connectivity index is 2.06. The number of hydrogen-bond acceptors (Lipinski definition) is 6. The standard InChI is InChI=1S/C15H16N6/c1-9-6-7-10-11(20-9)4-3-5-12(10)21-15-13(16)14(17-2)18-8-19-15/h3-8H,16H2,1-2H3,(H2,17,18,19,21). The third-order valence-electron chi connectivity index (χ3n) is 3.24. The van der Waals surface area contributed by atoms with Crippen LogP contribution in [0.25, 0.3) is 10.9 Å². The molecule has 21 heavy (non-hydrogen) atoms. The highest BCUT2D eigenvalue weighted by Crippen LogP contribution is 2.29. The minimum Gasteiger partial charge on any atom is -0.393 e. The van der Waals surface area contributed by atoms with Gasteiger partial charge >= 0.3 is 0 Å². The zero-order chi connectivity index (χ0) is 14.8. The van der Waals surface area contributed by atoms with Crippen LogP contribution in [0.3, 0.4) is 0 Å². The molecule has 0 amide bonds. The molecule has 0 bridgehead atoms. The lowest BCUT2D eigenvalue weighted by atomic mass is 10.1. The molecular formula is C15H16N6. The van der Waals surface area contributed by atoms with Crippen molar-refractivity contribution in [3.8, 4) is 0 Å². The van der Waals surface area contributed by atoms with E-state index in [1.807, 2.05) is 37.3 Å². The summed E-state index contributed by atoms with van der Waals surface area (Å²) < 4.78 is 0. The molecule has 0 atom stereocenters. The van der Waals surface area contributed by atoms with Crippen LogP contribution in [0.1, 0.15) is 5.69 Å². The number of fused-ring (bicyclic) bond motifs is 1. The van der Waals surface area contributed by atoms with Gasteiger partial charge in [0.1, 0.15) is 12.0 Å². The summed E-state index contributed by atoms with van der Waals surface area (Å²) >= 11 is 0. The molecule has 1 aromatic carbocycles. The van der Waals surface area contributed by atoms with Gasteiger partial charge in [-0.25, -0.2) is 9.97 Å². The summed E-state index contributed by atoms with van der Waals surface area (Å²) in [5.74, 6) is 1.17. The third-order valence-corrected chi connectivity index (χ3v) is 3.24. The van der Waals surface area contributed by atoms with Gasteiger partial charge in [0.2, 0.25) is 0 Å². The van der Waals surface area contributed by atoms with Gasteiger partial charge in [-0.05, 0) is 31.2 Å². The topological polar surface area (TPSA) is 88.8 Å². The maximum atomic E-state index is 6.04. The Morgan fingerprint density at radius 2 is 1.86 bits per heavy atom. The molecular weight excluding hydrogens is 264 g/mol. The maximum absolute atomic E-state index is 6.04. The fraction of sp³-hybridized carbons (Fsp3) is 0.133. The first-order chi connectivity index (χ1) is 10.2. The molecule has 4 N–H and O–H groups in total. The van der Waals surface area contributed by atoms with Crippen molar-refractivity contribution < 1.29 is 0 Å². The zero-order valence-corrected chi connectivity index (χ0v) is 11.9. The number of nitrogens with zero attached hydrogens (tertiary/aromatic N) is 3. The monoisotopic (exact) mass is 280 g/mol. The molecule has 0 saturated carbocycles. The fourth-order valence-electron chi connectivity index (χ4n) is 2.19. The van der Waals surface area contributed by atoms with E-state index in [0.29, 0.717) is 17.3 Å². The van der Waals surface area contributed by atoms with Crippen molar-refractivity contribution in [2.75, 3.05) is 23.4 Å². The Hall–Kier alpha value is -2.89. The summed E-state index contributed by atoms with van der Waals surface area (Å²) in [4.78, 5) is 12.8. The highest BCUT2D eigenvalue weighted by Gasteiger charge is 2.09. The van der Waals surface area contributed by atoms with Gasteiger partial charge < -0.3 is 16.4 Å². The molecule has 2 heterocycles. The lowest BCUT2D eigenvalue weighted by Crippen LogP contribution is -2.05. The first-order valence-corrected chi connectivity index (χ1v) is 6.60. The number of aromatic nitrogens is 3. The number of nitrogens with two attached hydrogens (primary N) is 1. The van der Waals surface area contributed by atoms with Gasteiger partial charge in [-0.3, -0.25) is 4.98 Å². The van der Waals surface area contributed by atoms with Crippen LogP contribution >= 0.6 is 0 Å². The summed E-state index contributed by atoms with van der Waals surface area (Å²) in [6.07, 6.45) is 1.47. The van der Waals surface area contributed by atoms with Crippen molar-refractivity contribution in [2.24, 2.45) is 0 Å². The molecule has 2 aromatic heterocycles. The molecule has 0 radical (unpaired) electrons. The SMILES string of the molecule is CNc1ncnc(Nc2cccc3nc(C)ccc23)c1N. The van der Waals surface area contributed by atoms with Crippen LogP contribution in [0.2, 0.25) is 0 Å². The minimum atomic E-state index is 0.483. The average molecular weight is 280 g/mol. The first kappa shape index (κ1) is 13.1. The Kier molecular flexibility index (Phi) is 3.27. The molecule has 0 aliphatic rings. The lowest BCUT2D eigenvalue weighted by molar-refractivity contribution is 1.16. The average Bonchev–Trinajstić information content (AvgIpc) is 2.49. The second-order valence-corrected chi connectivity index (χ2v) is 4.68. The van der Waals surface area contributed by atoms with Crippen LogP contribution in [0.15, 0.2) is 36.7 Å². The van der Waals surface area contributed by atoms with E-state index in [-0.39, 0.29) is 0 Å². The molecule has 3 aromatic rings. The highest BCUT2D eigenvalue weighted by atomic mass is 15.1. The van der Waals surface area contributed by atoms with Crippen molar-refractivity contribution in [1.29, 1.82) is 0 Å². The Morgan fingerprint density at radius 3 is 2.67 bits per heavy atom. The molecule has 0 aliphatic carbocycles. The van der Waals surface area contributed by atoms with Gasteiger partial charge in [0.05, 0.1) is 5.52 Å². The maximum Gasteiger partial charge on any atom is 0.159 e. The van der Waals surface area contributed by atoms with Gasteiger partial charge in [0.25, 0.3) is 0 Å². The number of nitrogen functional groups attached to an aromatic ring is 1. The van der Waals surface area contributed by atoms with E-state index >= 15 is 0 Å². The minimum absolute atomic E-state index is 0.483. The molecule has 0 unspecified atom stereocenters. The number of nitrogens with one attached hydrogen (secondary N) is 2. The summed E-state index contributed by atoms with van der Waals surface area (Å²) in [7, 11) is 1.77. The second-order valence-electron chi connectivity index (χ2n) is 4.68. The van der Waals surface area contributed by atoms with E-state index < -0.39 is 0 Å². The number of anilines is 4. The predicted octanol–water partition coefficient (Wildman–Crippen LogP) is 2.70. The summed E-state index contributed by atoms with van der Waals surface area (Å²) in [5, 5.41) is 7.21. The van der Waals surface area contributed by atoms with Crippen LogP contribution in [-0.2, 0) is 0 Å². The van der Waals surface area contributed by atoms with Crippen LogP contribution < -0.4 is 16.4 Å². The number of pyridine rings is 1. The molecule has 0 saturated heterocycles. The van der Waals surface area contributed by atoms with Gasteiger partial charge in [0, 0.05) is 23.8 Å². The molecule has 106 valence electrons. The molecule has 3 rings (SSSR count). The number of hydrogen-bond donors (Lipinski definition) is 3. The van der Waals surface area contributed by atoms with Crippen molar-refractivity contribution in [3.05, 3.63) is 42.4 Å². The van der Waals surface area contributed by atoms with E-state index in [2.05, 4.69) is 25.6 Å². The molecule has 6 heteroatoms. The second kappa shape index (κ2) is 5.24. The van der Waals surface area contributed by atoms with Crippen molar-refractivity contribution in [3.63, 3.8) is 0 Å². The number of rotatable bonds is 3. The van der Waals surface area contributed by atoms with Gasteiger partial charge in [0.15, 0.2) is 11.6 Å². The van der Waals surface area contributed by atoms with Crippen LogP contribution in [0, 0.1) is 6.92 Å². The van der Waals surface area contributed by atoms with E-state index in [0.717, 1.165) is 22.3 Å². The van der Waals surface area contributed by atoms with E-state index in [1.54, 1.807) is 7.05 Å². The van der Waals surface area contributed by atoms with Gasteiger partial charge in [-0.1, -0.05) is 6.07 Å². The van der Waals surface area contributed by atoms with E-state index in [1.165, 1.54) is 6.33 Å². The molecule has 0 spiro atoms. The van der Waals surface area contributed by atoms with Gasteiger partial charge in [-0.2, -0.15) is 0 Å². The number of aryl methyl sites for hydroxylation is 1. The van der Waals surface area contributed by atoms with Crippen molar-refractivity contribution in [1.82, 2.24) is 15.0 Å².